The predicted molar refractivity (Wildman–Crippen MR) is 60.1 cm³/mol. The highest BCUT2D eigenvalue weighted by Crippen LogP contribution is 2.31. The summed E-state index contributed by atoms with van der Waals surface area (Å²) in [5.74, 6) is -1.08. The first-order chi connectivity index (χ1) is 7.25. The van der Waals surface area contributed by atoms with Gasteiger partial charge in [0.15, 0.2) is 0 Å². The van der Waals surface area contributed by atoms with Crippen LogP contribution in [0.5, 0.6) is 0 Å². The van der Waals surface area contributed by atoms with Crippen LogP contribution in [0.25, 0.3) is 0 Å². The number of nitrogens with one attached hydrogen (secondary N) is 1. The molecule has 92 valence electrons. The summed E-state index contributed by atoms with van der Waals surface area (Å²) in [4.78, 5) is 24.9. The molecule has 1 unspecified atom stereocenters. The van der Waals surface area contributed by atoms with Crippen LogP contribution in [0.1, 0.15) is 33.6 Å². The quantitative estimate of drug-likeness (QED) is 0.736. The Morgan fingerprint density at radius 2 is 2.00 bits per heavy atom. The third kappa shape index (κ3) is 1.91. The molecule has 0 aromatic rings. The van der Waals surface area contributed by atoms with E-state index in [1.807, 2.05) is 0 Å². The first-order valence-corrected chi connectivity index (χ1v) is 5.50. The zero-order chi connectivity index (χ0) is 12.6. The fraction of sp³-hybridized carbons (Fsp3) is 0.818. The van der Waals surface area contributed by atoms with E-state index in [1.165, 1.54) is 4.90 Å². The summed E-state index contributed by atoms with van der Waals surface area (Å²) >= 11 is 0. The van der Waals surface area contributed by atoms with Gasteiger partial charge in [0.1, 0.15) is 5.54 Å². The van der Waals surface area contributed by atoms with Gasteiger partial charge in [0.2, 0.25) is 5.91 Å². The molecule has 0 spiro atoms. The molecule has 16 heavy (non-hydrogen) atoms. The number of likely N-dealkylation sites (tertiary alicyclic amines) is 1. The van der Waals surface area contributed by atoms with Crippen LogP contribution in [0.4, 0.5) is 0 Å². The lowest BCUT2D eigenvalue weighted by molar-refractivity contribution is -0.157. The van der Waals surface area contributed by atoms with Crippen molar-refractivity contribution in [3.8, 4) is 0 Å². The molecule has 5 nitrogen and oxygen atoms in total. The summed E-state index contributed by atoms with van der Waals surface area (Å²) in [5.41, 5.74) is -1.77. The van der Waals surface area contributed by atoms with E-state index in [0.717, 1.165) is 6.42 Å². The highest BCUT2D eigenvalue weighted by atomic mass is 16.4. The number of hydrogen-bond acceptors (Lipinski definition) is 3. The molecule has 0 bridgehead atoms. The zero-order valence-electron chi connectivity index (χ0n) is 10.3. The molecular formula is C11H20N2O3. The molecule has 1 aliphatic rings. The highest BCUT2D eigenvalue weighted by molar-refractivity contribution is 5.92. The van der Waals surface area contributed by atoms with Crippen LogP contribution >= 0.6 is 0 Å². The Labute approximate surface area is 95.8 Å². The van der Waals surface area contributed by atoms with E-state index in [1.54, 1.807) is 27.8 Å². The van der Waals surface area contributed by atoms with Gasteiger partial charge in [-0.2, -0.15) is 0 Å². The zero-order valence-corrected chi connectivity index (χ0v) is 10.3. The Balaban J connectivity index is 2.97. The van der Waals surface area contributed by atoms with E-state index in [0.29, 0.717) is 13.0 Å². The molecule has 1 atom stereocenters. The summed E-state index contributed by atoms with van der Waals surface area (Å²) in [6, 6.07) is 0. The fourth-order valence-electron chi connectivity index (χ4n) is 1.96. The van der Waals surface area contributed by atoms with E-state index < -0.39 is 17.0 Å². The van der Waals surface area contributed by atoms with Crippen LogP contribution < -0.4 is 5.32 Å². The number of likely N-dealkylation sites (N-methyl/N-ethyl adjacent to an activating group) is 1. The Morgan fingerprint density at radius 1 is 1.44 bits per heavy atom. The van der Waals surface area contributed by atoms with Crippen molar-refractivity contribution in [2.45, 2.75) is 44.7 Å². The lowest BCUT2D eigenvalue weighted by Crippen LogP contribution is -2.59. The van der Waals surface area contributed by atoms with Gasteiger partial charge in [-0.15, -0.1) is 0 Å². The number of rotatable bonds is 3. The first kappa shape index (κ1) is 13.0. The van der Waals surface area contributed by atoms with Gasteiger partial charge in [-0.05, 0) is 40.7 Å². The van der Waals surface area contributed by atoms with Crippen molar-refractivity contribution in [2.24, 2.45) is 0 Å². The summed E-state index contributed by atoms with van der Waals surface area (Å²) in [6.07, 6.45) is 1.27. The molecule has 1 fully saturated rings. The average molecular weight is 228 g/mol. The van der Waals surface area contributed by atoms with Crippen LogP contribution in [-0.2, 0) is 9.59 Å². The topological polar surface area (TPSA) is 69.6 Å². The summed E-state index contributed by atoms with van der Waals surface area (Å²) < 4.78 is 0. The maximum Gasteiger partial charge on any atom is 0.329 e. The second kappa shape index (κ2) is 4.05. The molecular weight excluding hydrogens is 208 g/mol. The van der Waals surface area contributed by atoms with Crippen molar-refractivity contribution >= 4 is 11.9 Å². The lowest BCUT2D eigenvalue weighted by Gasteiger charge is -2.36. The number of nitrogens with zero attached hydrogens (tertiary/aromatic N) is 1. The molecule has 0 aromatic carbocycles. The third-order valence-corrected chi connectivity index (χ3v) is 3.51. The van der Waals surface area contributed by atoms with E-state index >= 15 is 0 Å². The minimum atomic E-state index is -1.05. The first-order valence-electron chi connectivity index (χ1n) is 5.50. The summed E-state index contributed by atoms with van der Waals surface area (Å²) in [7, 11) is 1.70. The molecule has 2 N–H and O–H groups in total. The van der Waals surface area contributed by atoms with Gasteiger partial charge in [0.25, 0.3) is 0 Å². The third-order valence-electron chi connectivity index (χ3n) is 3.51. The molecule has 1 rings (SSSR count). The van der Waals surface area contributed by atoms with Crippen molar-refractivity contribution in [3.63, 3.8) is 0 Å². The Kier molecular flexibility index (Phi) is 3.28. The van der Waals surface area contributed by atoms with Crippen LogP contribution in [0.3, 0.4) is 0 Å². The van der Waals surface area contributed by atoms with Crippen molar-refractivity contribution in [2.75, 3.05) is 13.6 Å². The lowest BCUT2D eigenvalue weighted by atomic mass is 9.96. The second-order valence-corrected chi connectivity index (χ2v) is 5.01. The molecule has 1 heterocycles. The van der Waals surface area contributed by atoms with E-state index in [9.17, 15) is 14.7 Å². The molecule has 1 aliphatic heterocycles. The molecule has 1 amide bonds. The number of carboxylic acid groups (broad SMARTS) is 1. The monoisotopic (exact) mass is 228 g/mol. The van der Waals surface area contributed by atoms with Crippen molar-refractivity contribution in [1.29, 1.82) is 0 Å². The number of amides is 1. The van der Waals surface area contributed by atoms with Gasteiger partial charge in [0, 0.05) is 6.54 Å². The molecule has 5 heteroatoms. The Bertz CT molecular complexity index is 314. The number of hydrogen-bond donors (Lipinski definition) is 2. The molecule has 0 aliphatic carbocycles. The summed E-state index contributed by atoms with van der Waals surface area (Å²) in [5, 5.41) is 12.1. The van der Waals surface area contributed by atoms with E-state index in [4.69, 9.17) is 0 Å². The van der Waals surface area contributed by atoms with Crippen molar-refractivity contribution < 1.29 is 14.7 Å². The minimum absolute atomic E-state index is 0.155. The van der Waals surface area contributed by atoms with Gasteiger partial charge >= 0.3 is 5.97 Å². The number of carbonyl (C=O) groups is 2. The van der Waals surface area contributed by atoms with Crippen LogP contribution in [0.15, 0.2) is 0 Å². The Hall–Kier alpha value is -1.10. The average Bonchev–Trinajstić information content (AvgIpc) is 2.60. The molecule has 1 saturated heterocycles. The number of aliphatic carboxylic acids is 1. The van der Waals surface area contributed by atoms with Gasteiger partial charge in [-0.3, -0.25) is 4.79 Å². The van der Waals surface area contributed by atoms with Crippen LogP contribution in [0.2, 0.25) is 0 Å². The van der Waals surface area contributed by atoms with Gasteiger partial charge in [0.05, 0.1) is 5.54 Å². The molecule has 0 aromatic heterocycles. The van der Waals surface area contributed by atoms with Crippen LogP contribution in [-0.4, -0.2) is 46.6 Å². The van der Waals surface area contributed by atoms with Gasteiger partial charge in [-0.1, -0.05) is 0 Å². The van der Waals surface area contributed by atoms with Gasteiger partial charge in [-0.25, -0.2) is 4.79 Å². The maximum atomic E-state index is 12.2. The normalized spacial score (nSPS) is 25.9. The second-order valence-electron chi connectivity index (χ2n) is 5.01. The van der Waals surface area contributed by atoms with E-state index in [-0.39, 0.29) is 5.91 Å². The minimum Gasteiger partial charge on any atom is -0.480 e. The number of carbonyl (C=O) groups excluding carboxylic acids is 1. The maximum absolute atomic E-state index is 12.2. The van der Waals surface area contributed by atoms with E-state index in [2.05, 4.69) is 5.32 Å². The van der Waals surface area contributed by atoms with Gasteiger partial charge < -0.3 is 15.3 Å². The number of carboxylic acids is 1. The Morgan fingerprint density at radius 3 is 2.44 bits per heavy atom. The van der Waals surface area contributed by atoms with Crippen molar-refractivity contribution in [1.82, 2.24) is 10.2 Å². The van der Waals surface area contributed by atoms with Crippen molar-refractivity contribution in [3.05, 3.63) is 0 Å². The predicted octanol–water partition coefficient (Wildman–Crippen LogP) is 0.450. The van der Waals surface area contributed by atoms with Crippen LogP contribution in [0, 0.1) is 0 Å². The summed E-state index contributed by atoms with van der Waals surface area (Å²) in [6.45, 7) is 5.66. The SMILES string of the molecule is CNC(C)(C)C(=O)N1CCCC1(C)C(=O)O. The standard InChI is InChI=1S/C11H20N2O3/c1-10(2,12-4)8(14)13-7-5-6-11(13,3)9(15)16/h12H,5-7H2,1-4H3,(H,15,16). The molecule has 0 saturated carbocycles. The fourth-order valence-corrected chi connectivity index (χ4v) is 1.96. The largest absolute Gasteiger partial charge is 0.480 e. The highest BCUT2D eigenvalue weighted by Gasteiger charge is 2.48. The molecule has 0 radical (unpaired) electrons. The smallest absolute Gasteiger partial charge is 0.329 e.